The number of benzene rings is 2. The molecule has 0 aliphatic rings. The van der Waals surface area contributed by atoms with Gasteiger partial charge in [0.1, 0.15) is 12.3 Å². The lowest BCUT2D eigenvalue weighted by atomic mass is 10.1. The van der Waals surface area contributed by atoms with Crippen LogP contribution in [0, 0.1) is 0 Å². The molecule has 0 aliphatic carbocycles. The molecule has 0 saturated carbocycles. The Morgan fingerprint density at radius 1 is 1.23 bits per heavy atom. The maximum atomic E-state index is 12.8. The average molecular weight is 418 g/mol. The molecule has 136 valence electrons. The summed E-state index contributed by atoms with van der Waals surface area (Å²) < 4.78 is 7.97. The van der Waals surface area contributed by atoms with Gasteiger partial charge in [-0.15, -0.1) is 0 Å². The Morgan fingerprint density at radius 3 is 2.54 bits per heavy atom. The smallest absolute Gasteiger partial charge is 0.340 e. The summed E-state index contributed by atoms with van der Waals surface area (Å²) in [6, 6.07) is 13.4. The van der Waals surface area contributed by atoms with E-state index < -0.39 is 0 Å². The quantitative estimate of drug-likeness (QED) is 0.627. The molecular formula is C20H22BrN2O3+. The number of aromatic hydroxyl groups is 1. The summed E-state index contributed by atoms with van der Waals surface area (Å²) in [6.45, 7) is 2.73. The van der Waals surface area contributed by atoms with Crippen molar-refractivity contribution in [3.63, 3.8) is 0 Å². The minimum Gasteiger partial charge on any atom is -0.507 e. The molecule has 3 aromatic rings. The van der Waals surface area contributed by atoms with Gasteiger partial charge in [0.05, 0.1) is 41.9 Å². The third-order valence-corrected chi connectivity index (χ3v) is 4.78. The van der Waals surface area contributed by atoms with E-state index in [1.54, 1.807) is 13.0 Å². The van der Waals surface area contributed by atoms with Crippen LogP contribution in [0.1, 0.15) is 23.0 Å². The van der Waals surface area contributed by atoms with Gasteiger partial charge >= 0.3 is 5.97 Å². The zero-order valence-corrected chi connectivity index (χ0v) is 16.6. The highest BCUT2D eigenvalue weighted by Crippen LogP contribution is 2.36. The highest BCUT2D eigenvalue weighted by Gasteiger charge is 2.27. The molecule has 1 heterocycles. The number of carbonyl (C=O) groups is 1. The molecule has 26 heavy (non-hydrogen) atoms. The molecule has 0 unspecified atom stereocenters. The summed E-state index contributed by atoms with van der Waals surface area (Å²) in [4.78, 5) is 13.9. The van der Waals surface area contributed by atoms with Gasteiger partial charge < -0.3 is 19.3 Å². The van der Waals surface area contributed by atoms with Crippen LogP contribution in [0.3, 0.4) is 0 Å². The molecule has 0 spiro atoms. The van der Waals surface area contributed by atoms with E-state index in [1.165, 1.54) is 4.90 Å². The SMILES string of the molecule is CCOC(=O)c1c(C[NH+](C)C)n(-c2ccccc2)c2cc(Br)c(O)cc12. The molecule has 5 nitrogen and oxygen atoms in total. The van der Waals surface area contributed by atoms with Crippen LogP contribution in [0.15, 0.2) is 46.9 Å². The van der Waals surface area contributed by atoms with E-state index >= 15 is 0 Å². The van der Waals surface area contributed by atoms with Crippen LogP contribution < -0.4 is 4.90 Å². The lowest BCUT2D eigenvalue weighted by Gasteiger charge is -2.14. The number of nitrogens with zero attached hydrogens (tertiary/aromatic N) is 1. The number of nitrogens with one attached hydrogen (secondary N) is 1. The van der Waals surface area contributed by atoms with E-state index in [4.69, 9.17) is 4.74 Å². The second-order valence-electron chi connectivity index (χ2n) is 6.42. The molecule has 2 N–H and O–H groups in total. The summed E-state index contributed by atoms with van der Waals surface area (Å²) in [5.41, 5.74) is 3.18. The van der Waals surface area contributed by atoms with Crippen molar-refractivity contribution < 1.29 is 19.5 Å². The van der Waals surface area contributed by atoms with Gasteiger partial charge in [0.25, 0.3) is 0 Å². The van der Waals surface area contributed by atoms with Crippen LogP contribution in [-0.4, -0.2) is 36.3 Å². The fraction of sp³-hybridized carbons (Fsp3) is 0.250. The Kier molecular flexibility index (Phi) is 5.34. The Balaban J connectivity index is 2.42. The average Bonchev–Trinajstić information content (AvgIpc) is 2.88. The molecule has 0 bridgehead atoms. The topological polar surface area (TPSA) is 55.9 Å². The molecule has 3 rings (SSSR count). The molecule has 0 aliphatic heterocycles. The van der Waals surface area contributed by atoms with Crippen molar-refractivity contribution in [2.24, 2.45) is 0 Å². The van der Waals surface area contributed by atoms with Crippen LogP contribution in [0.25, 0.3) is 16.6 Å². The van der Waals surface area contributed by atoms with Gasteiger partial charge in [0, 0.05) is 11.1 Å². The molecule has 0 saturated heterocycles. The van der Waals surface area contributed by atoms with E-state index in [0.29, 0.717) is 28.6 Å². The molecule has 0 amide bonds. The minimum atomic E-state index is -0.370. The number of hydrogen-bond donors (Lipinski definition) is 2. The Hall–Kier alpha value is -2.31. The van der Waals surface area contributed by atoms with Gasteiger partial charge in [0.15, 0.2) is 0 Å². The van der Waals surface area contributed by atoms with E-state index in [2.05, 4.69) is 20.5 Å². The van der Waals surface area contributed by atoms with E-state index in [-0.39, 0.29) is 11.7 Å². The largest absolute Gasteiger partial charge is 0.507 e. The number of phenols is 1. The third-order valence-electron chi connectivity index (χ3n) is 4.15. The molecule has 1 aromatic heterocycles. The highest BCUT2D eigenvalue weighted by molar-refractivity contribution is 9.10. The predicted octanol–water partition coefficient (Wildman–Crippen LogP) is 2.92. The van der Waals surface area contributed by atoms with Crippen molar-refractivity contribution in [3.05, 3.63) is 58.2 Å². The number of fused-ring (bicyclic) bond motifs is 1. The number of halogens is 1. The second-order valence-corrected chi connectivity index (χ2v) is 7.27. The number of phenolic OH excluding ortho intramolecular Hbond substituents is 1. The monoisotopic (exact) mass is 417 g/mol. The minimum absolute atomic E-state index is 0.0945. The lowest BCUT2D eigenvalue weighted by Crippen LogP contribution is -3.04. The summed E-state index contributed by atoms with van der Waals surface area (Å²) in [6.07, 6.45) is 0. The Labute approximate surface area is 160 Å². The second kappa shape index (κ2) is 7.51. The van der Waals surface area contributed by atoms with Crippen molar-refractivity contribution in [1.82, 2.24) is 4.57 Å². The zero-order valence-electron chi connectivity index (χ0n) is 15.0. The number of rotatable bonds is 5. The number of esters is 1. The molecule has 0 radical (unpaired) electrons. The number of aromatic nitrogens is 1. The Morgan fingerprint density at radius 2 is 1.92 bits per heavy atom. The van der Waals surface area contributed by atoms with Crippen LogP contribution in [0.4, 0.5) is 0 Å². The van der Waals surface area contributed by atoms with Crippen molar-refractivity contribution >= 4 is 32.8 Å². The third kappa shape index (κ3) is 3.34. The van der Waals surface area contributed by atoms with Gasteiger partial charge in [-0.3, -0.25) is 0 Å². The predicted molar refractivity (Wildman–Crippen MR) is 105 cm³/mol. The first-order chi connectivity index (χ1) is 12.4. The fourth-order valence-corrected chi connectivity index (χ4v) is 3.49. The first kappa shape index (κ1) is 18.5. The molecule has 6 heteroatoms. The lowest BCUT2D eigenvalue weighted by molar-refractivity contribution is -0.873. The van der Waals surface area contributed by atoms with Crippen LogP contribution in [-0.2, 0) is 11.3 Å². The summed E-state index contributed by atoms with van der Waals surface area (Å²) in [7, 11) is 4.07. The number of carbonyl (C=O) groups excluding carboxylic acids is 1. The number of quaternary nitrogens is 1. The normalized spacial score (nSPS) is 11.3. The highest BCUT2D eigenvalue weighted by atomic mass is 79.9. The number of hydrogen-bond acceptors (Lipinski definition) is 3. The van der Waals surface area contributed by atoms with Crippen molar-refractivity contribution in [2.45, 2.75) is 13.5 Å². The van der Waals surface area contributed by atoms with Crippen molar-refractivity contribution in [3.8, 4) is 11.4 Å². The summed E-state index contributed by atoms with van der Waals surface area (Å²) in [5, 5.41) is 10.9. The van der Waals surface area contributed by atoms with Gasteiger partial charge in [-0.1, -0.05) is 18.2 Å². The van der Waals surface area contributed by atoms with E-state index in [1.807, 2.05) is 50.5 Å². The van der Waals surface area contributed by atoms with Crippen LogP contribution in [0.2, 0.25) is 0 Å². The molecule has 2 aromatic carbocycles. The van der Waals surface area contributed by atoms with Crippen molar-refractivity contribution in [1.29, 1.82) is 0 Å². The van der Waals surface area contributed by atoms with Crippen molar-refractivity contribution in [2.75, 3.05) is 20.7 Å². The first-order valence-electron chi connectivity index (χ1n) is 8.51. The summed E-state index contributed by atoms with van der Waals surface area (Å²) >= 11 is 3.39. The molecule has 0 atom stereocenters. The maximum Gasteiger partial charge on any atom is 0.340 e. The fourth-order valence-electron chi connectivity index (χ4n) is 3.15. The molecule has 0 fully saturated rings. The molecular weight excluding hydrogens is 396 g/mol. The summed E-state index contributed by atoms with van der Waals surface area (Å²) in [5.74, 6) is -0.276. The van der Waals surface area contributed by atoms with Crippen LogP contribution >= 0.6 is 15.9 Å². The van der Waals surface area contributed by atoms with Gasteiger partial charge in [-0.2, -0.15) is 0 Å². The van der Waals surface area contributed by atoms with E-state index in [0.717, 1.165) is 16.9 Å². The zero-order chi connectivity index (χ0) is 18.8. The standard InChI is InChI=1S/C20H21BrN2O3/c1-4-26-20(25)19-14-10-18(24)15(21)11-16(14)23(17(19)12-22(2)3)13-8-6-5-7-9-13/h5-11,24H,4,12H2,1-3H3/p+1. The van der Waals surface area contributed by atoms with Gasteiger partial charge in [0.2, 0.25) is 0 Å². The first-order valence-corrected chi connectivity index (χ1v) is 9.30. The number of ether oxygens (including phenoxy) is 1. The van der Waals surface area contributed by atoms with E-state index in [9.17, 15) is 9.90 Å². The van der Waals surface area contributed by atoms with Gasteiger partial charge in [-0.25, -0.2) is 4.79 Å². The maximum absolute atomic E-state index is 12.8. The van der Waals surface area contributed by atoms with Gasteiger partial charge in [-0.05, 0) is 47.1 Å². The van der Waals surface area contributed by atoms with Crippen LogP contribution in [0.5, 0.6) is 5.75 Å². The number of para-hydroxylation sites is 1. The Bertz CT molecular complexity index is 949.